The summed E-state index contributed by atoms with van der Waals surface area (Å²) in [6.07, 6.45) is 9.72. The van der Waals surface area contributed by atoms with Gasteiger partial charge in [0, 0.05) is 17.4 Å². The first kappa shape index (κ1) is 43.5. The minimum Gasteiger partial charge on any atom is -0.457 e. The van der Waals surface area contributed by atoms with Crippen molar-refractivity contribution in [2.45, 2.75) is 145 Å². The van der Waals surface area contributed by atoms with E-state index in [4.69, 9.17) is 18.3 Å². The second kappa shape index (κ2) is 14.9. The van der Waals surface area contributed by atoms with Gasteiger partial charge < -0.3 is 23.6 Å². The SMILES string of the molecule is Cc1oc(=O)oc1COC(=O)[C@@]1(C)C2CC[C@]3(C)[C@H](C(=O)C=C4[C@@H]5C[C@@](C)(C(=O)OC(c6ccccc6)c6ccccc6)CC[C@]5(C)CC[C@]43C)[C@@]2(C)CC[C@@H]1NC(=O)C1(C)CC1. The Labute approximate surface area is 371 Å². The van der Waals surface area contributed by atoms with Gasteiger partial charge in [-0.15, -0.1) is 0 Å². The number of carbonyl (C=O) groups is 4. The Morgan fingerprint density at radius 2 is 1.37 bits per heavy atom. The molecule has 6 aliphatic rings. The molecule has 1 amide bonds. The topological polar surface area (TPSA) is 142 Å². The van der Waals surface area contributed by atoms with E-state index in [2.05, 4.69) is 39.9 Å². The lowest BCUT2D eigenvalue weighted by Gasteiger charge is -2.70. The van der Waals surface area contributed by atoms with Gasteiger partial charge in [-0.2, -0.15) is 0 Å². The molecule has 0 spiro atoms. The van der Waals surface area contributed by atoms with E-state index >= 15 is 4.79 Å². The van der Waals surface area contributed by atoms with Crippen molar-refractivity contribution in [3.8, 4) is 0 Å². The van der Waals surface area contributed by atoms with E-state index in [9.17, 15) is 19.2 Å². The van der Waals surface area contributed by atoms with E-state index in [1.807, 2.05) is 80.6 Å². The van der Waals surface area contributed by atoms with Crippen molar-refractivity contribution in [1.29, 1.82) is 0 Å². The molecule has 0 saturated heterocycles. The summed E-state index contributed by atoms with van der Waals surface area (Å²) in [5, 5.41) is 3.32. The van der Waals surface area contributed by atoms with Crippen LogP contribution in [0.4, 0.5) is 0 Å². The van der Waals surface area contributed by atoms with Crippen LogP contribution in [0, 0.1) is 62.6 Å². The van der Waals surface area contributed by atoms with Crippen LogP contribution in [0.5, 0.6) is 0 Å². The molecule has 1 heterocycles. The molecule has 1 aromatic heterocycles. The Kier molecular flexibility index (Phi) is 10.3. The van der Waals surface area contributed by atoms with Gasteiger partial charge in [-0.3, -0.25) is 19.2 Å². The maximum absolute atomic E-state index is 15.3. The minimum absolute atomic E-state index is 0.0168. The molecule has 10 atom stereocenters. The fourth-order valence-electron chi connectivity index (χ4n) is 13.9. The normalized spacial score (nSPS) is 37.6. The first-order valence-corrected chi connectivity index (χ1v) is 23.4. The smallest absolute Gasteiger partial charge is 0.457 e. The second-order valence-corrected chi connectivity index (χ2v) is 22.3. The van der Waals surface area contributed by atoms with Crippen LogP contribution in [0.15, 0.2) is 85.9 Å². The lowest BCUT2D eigenvalue weighted by Crippen LogP contribution is -2.69. The summed E-state index contributed by atoms with van der Waals surface area (Å²) in [4.78, 5) is 70.3. The predicted octanol–water partition coefficient (Wildman–Crippen LogP) is 10.2. The maximum Gasteiger partial charge on any atom is 0.519 e. The van der Waals surface area contributed by atoms with E-state index in [-0.39, 0.29) is 64.4 Å². The number of carbonyl (C=O) groups excluding carboxylic acids is 4. The van der Waals surface area contributed by atoms with Crippen LogP contribution in [0.1, 0.15) is 148 Å². The number of aryl methyl sites for hydroxylation is 1. The Morgan fingerprint density at radius 3 is 1.97 bits per heavy atom. The Balaban J connectivity index is 1.03. The molecule has 1 N–H and O–H groups in total. The van der Waals surface area contributed by atoms with Gasteiger partial charge in [0.25, 0.3) is 0 Å². The van der Waals surface area contributed by atoms with Crippen molar-refractivity contribution in [3.63, 3.8) is 0 Å². The van der Waals surface area contributed by atoms with Crippen molar-refractivity contribution in [3.05, 3.63) is 106 Å². The van der Waals surface area contributed by atoms with Gasteiger partial charge in [0.2, 0.25) is 5.91 Å². The minimum atomic E-state index is -1.17. The van der Waals surface area contributed by atoms with Crippen LogP contribution in [-0.2, 0) is 35.3 Å². The van der Waals surface area contributed by atoms with E-state index in [1.54, 1.807) is 6.92 Å². The molecule has 3 aromatic rings. The van der Waals surface area contributed by atoms with Crippen molar-refractivity contribution in [2.75, 3.05) is 0 Å². The van der Waals surface area contributed by atoms with Crippen molar-refractivity contribution >= 4 is 23.6 Å². The number of ketones is 1. The molecule has 10 heteroatoms. The number of ether oxygens (including phenoxy) is 2. The summed E-state index contributed by atoms with van der Waals surface area (Å²) in [6, 6.07) is 19.3. The van der Waals surface area contributed by atoms with Crippen LogP contribution in [-0.4, -0.2) is 29.7 Å². The van der Waals surface area contributed by atoms with Crippen LogP contribution >= 0.6 is 0 Å². The number of rotatable bonds is 9. The van der Waals surface area contributed by atoms with Gasteiger partial charge in [0.1, 0.15) is 0 Å². The number of nitrogens with one attached hydrogen (secondary N) is 1. The van der Waals surface area contributed by atoms with Gasteiger partial charge in [-0.25, -0.2) is 4.79 Å². The highest BCUT2D eigenvalue weighted by Crippen LogP contribution is 2.75. The number of benzene rings is 2. The Bertz CT molecular complexity index is 2370. The van der Waals surface area contributed by atoms with Crippen molar-refractivity contribution < 1.29 is 37.5 Å². The number of hydrogen-bond acceptors (Lipinski definition) is 9. The van der Waals surface area contributed by atoms with Crippen LogP contribution in [0.3, 0.4) is 0 Å². The average Bonchev–Trinajstić information content (AvgIpc) is 3.93. The Hall–Kier alpha value is -4.73. The number of amides is 1. The highest BCUT2D eigenvalue weighted by molar-refractivity contribution is 5.96. The molecule has 6 aliphatic carbocycles. The van der Waals surface area contributed by atoms with E-state index in [1.165, 1.54) is 5.57 Å². The van der Waals surface area contributed by atoms with Crippen LogP contribution in [0.2, 0.25) is 0 Å². The maximum atomic E-state index is 15.3. The summed E-state index contributed by atoms with van der Waals surface area (Å²) in [7, 11) is 0. The zero-order valence-corrected chi connectivity index (χ0v) is 38.4. The molecular formula is C53H65NO9. The van der Waals surface area contributed by atoms with Gasteiger partial charge in [-0.1, -0.05) is 101 Å². The molecule has 9 rings (SSSR count). The number of fused-ring (bicyclic) bond motifs is 7. The average molecular weight is 860 g/mol. The zero-order chi connectivity index (χ0) is 45.0. The quantitative estimate of drug-likeness (QED) is 0.208. The summed E-state index contributed by atoms with van der Waals surface area (Å²) in [6.45, 7) is 16.5. The predicted molar refractivity (Wildman–Crippen MR) is 236 cm³/mol. The molecule has 1 unspecified atom stereocenters. The molecule has 0 bridgehead atoms. The highest BCUT2D eigenvalue weighted by Gasteiger charge is 2.72. The molecule has 63 heavy (non-hydrogen) atoms. The van der Waals surface area contributed by atoms with E-state index in [0.29, 0.717) is 38.5 Å². The van der Waals surface area contributed by atoms with E-state index in [0.717, 1.165) is 43.2 Å². The lowest BCUT2D eigenvalue weighted by atomic mass is 9.33. The molecule has 0 radical (unpaired) electrons. The van der Waals surface area contributed by atoms with Crippen LogP contribution in [0.25, 0.3) is 0 Å². The molecule has 2 aromatic carbocycles. The fraction of sp³-hybridized carbons (Fsp3) is 0.604. The van der Waals surface area contributed by atoms with Crippen molar-refractivity contribution in [1.82, 2.24) is 5.32 Å². The third-order valence-corrected chi connectivity index (χ3v) is 18.6. The second-order valence-electron chi connectivity index (χ2n) is 22.3. The lowest BCUT2D eigenvalue weighted by molar-refractivity contribution is -0.205. The largest absolute Gasteiger partial charge is 0.519 e. The van der Waals surface area contributed by atoms with Crippen molar-refractivity contribution in [2.24, 2.45) is 55.7 Å². The fourth-order valence-corrected chi connectivity index (χ4v) is 13.9. The van der Waals surface area contributed by atoms with Gasteiger partial charge in [0.05, 0.1) is 10.8 Å². The zero-order valence-electron chi connectivity index (χ0n) is 38.4. The van der Waals surface area contributed by atoms with E-state index < -0.39 is 51.0 Å². The number of hydrogen-bond donors (Lipinski definition) is 1. The highest BCUT2D eigenvalue weighted by atomic mass is 16.6. The third kappa shape index (κ3) is 6.73. The molecule has 5 fully saturated rings. The molecule has 336 valence electrons. The number of allylic oxidation sites excluding steroid dienone is 2. The first-order valence-electron chi connectivity index (χ1n) is 23.4. The number of esters is 2. The van der Waals surface area contributed by atoms with Gasteiger partial charge in [-0.05, 0) is 142 Å². The summed E-state index contributed by atoms with van der Waals surface area (Å²) in [5.41, 5.74) is -0.774. The summed E-state index contributed by atoms with van der Waals surface area (Å²) in [5.74, 6) is -1.74. The molecule has 0 aliphatic heterocycles. The monoisotopic (exact) mass is 859 g/mol. The van der Waals surface area contributed by atoms with Crippen LogP contribution < -0.4 is 11.1 Å². The first-order chi connectivity index (χ1) is 29.7. The Morgan fingerprint density at radius 1 is 0.746 bits per heavy atom. The summed E-state index contributed by atoms with van der Waals surface area (Å²) < 4.78 is 22.8. The van der Waals surface area contributed by atoms with Gasteiger partial charge >= 0.3 is 17.8 Å². The molecule has 5 saturated carbocycles. The molecule has 10 nitrogen and oxygen atoms in total. The molecular weight excluding hydrogens is 795 g/mol. The summed E-state index contributed by atoms with van der Waals surface area (Å²) >= 11 is 0. The third-order valence-electron chi connectivity index (χ3n) is 18.6. The van der Waals surface area contributed by atoms with Gasteiger partial charge in [0.15, 0.2) is 30.0 Å². The standard InChI is InChI=1S/C53H65NO9/c1-32-38(62-46(59)61-32)31-60-45(58)53(8)39-19-22-52(7)42(50(39,5)21-20-40(53)54-43(56)48(3)24-25-48)37(55)29-35-36-30-49(4,26-23-47(36,2)27-28-51(35,52)6)44(57)63-41(33-15-11-9-12-16-33)34-17-13-10-14-18-34/h9-18,29,36,39-42H,19-28,30-31H2,1-8H3,(H,54,56)/t36-,39?,40-,42+,47+,49-,50-,51+,52+,53-/m0/s1.